The van der Waals surface area contributed by atoms with Crippen LogP contribution >= 0.6 is 11.6 Å². The van der Waals surface area contributed by atoms with Crippen LogP contribution in [0.5, 0.6) is 0 Å². The number of carbonyl (C=O) groups excluding carboxylic acids is 2. The van der Waals surface area contributed by atoms with Gasteiger partial charge in [0.15, 0.2) is 0 Å². The van der Waals surface area contributed by atoms with E-state index in [-0.39, 0.29) is 5.91 Å². The summed E-state index contributed by atoms with van der Waals surface area (Å²) in [5.74, 6) is -0.709. The third-order valence-corrected chi connectivity index (χ3v) is 4.98. The van der Waals surface area contributed by atoms with Crippen molar-refractivity contribution in [3.63, 3.8) is 0 Å². The van der Waals surface area contributed by atoms with Crippen LogP contribution in [0.2, 0.25) is 5.02 Å². The molecule has 2 aromatic carbocycles. The summed E-state index contributed by atoms with van der Waals surface area (Å²) in [4.78, 5) is 23.4. The van der Waals surface area contributed by atoms with Gasteiger partial charge in [-0.15, -0.1) is 0 Å². The third kappa shape index (κ3) is 5.97. The largest absolute Gasteiger partial charge is 0.326 e. The number of halogens is 1. The molecule has 0 heterocycles. The molecule has 7 nitrogen and oxygen atoms in total. The molecule has 0 aliphatic heterocycles. The van der Waals surface area contributed by atoms with Gasteiger partial charge in [-0.05, 0) is 48.9 Å². The molecule has 0 atom stereocenters. The minimum absolute atomic E-state index is 0.201. The Morgan fingerprint density at radius 3 is 2.11 bits per heavy atom. The van der Waals surface area contributed by atoms with E-state index in [1.54, 1.807) is 43.3 Å². The Morgan fingerprint density at radius 1 is 1.04 bits per heavy atom. The van der Waals surface area contributed by atoms with Gasteiger partial charge in [-0.3, -0.25) is 13.9 Å². The topological polar surface area (TPSA) is 95.6 Å². The highest BCUT2D eigenvalue weighted by atomic mass is 35.5. The number of nitrogens with one attached hydrogen (secondary N) is 2. The predicted octanol–water partition coefficient (Wildman–Crippen LogP) is 3.01. The van der Waals surface area contributed by atoms with Crippen molar-refractivity contribution in [1.29, 1.82) is 0 Å². The number of anilines is 3. The van der Waals surface area contributed by atoms with E-state index in [1.165, 1.54) is 13.0 Å². The number of amides is 2. The summed E-state index contributed by atoms with van der Waals surface area (Å²) in [6.45, 7) is 2.74. The molecule has 0 unspecified atom stereocenters. The molecule has 0 aromatic heterocycles. The summed E-state index contributed by atoms with van der Waals surface area (Å²) in [7, 11) is -3.70. The first kappa shape index (κ1) is 20.7. The molecule has 2 amide bonds. The van der Waals surface area contributed by atoms with Crippen LogP contribution in [-0.4, -0.2) is 33.0 Å². The van der Waals surface area contributed by atoms with Gasteiger partial charge < -0.3 is 10.6 Å². The maximum Gasteiger partial charge on any atom is 0.245 e. The number of aryl methyl sites for hydroxylation is 1. The summed E-state index contributed by atoms with van der Waals surface area (Å²) in [5.41, 5.74) is 2.09. The molecular weight excluding hydrogens is 390 g/mol. The van der Waals surface area contributed by atoms with Gasteiger partial charge in [0.25, 0.3) is 0 Å². The van der Waals surface area contributed by atoms with Crippen LogP contribution in [-0.2, 0) is 19.6 Å². The number of nitrogens with zero attached hydrogens (tertiary/aromatic N) is 1. The van der Waals surface area contributed by atoms with Crippen LogP contribution < -0.4 is 14.9 Å². The van der Waals surface area contributed by atoms with Crippen LogP contribution in [0.25, 0.3) is 0 Å². The number of rotatable bonds is 6. The van der Waals surface area contributed by atoms with Gasteiger partial charge in [-0.25, -0.2) is 8.42 Å². The van der Waals surface area contributed by atoms with Crippen molar-refractivity contribution in [2.75, 3.05) is 27.7 Å². The van der Waals surface area contributed by atoms with Crippen molar-refractivity contribution >= 4 is 50.5 Å². The lowest BCUT2D eigenvalue weighted by Crippen LogP contribution is -2.37. The van der Waals surface area contributed by atoms with Gasteiger partial charge in [0, 0.05) is 23.3 Å². The van der Waals surface area contributed by atoms with E-state index in [4.69, 9.17) is 11.6 Å². The van der Waals surface area contributed by atoms with E-state index in [9.17, 15) is 18.0 Å². The van der Waals surface area contributed by atoms with E-state index >= 15 is 0 Å². The molecule has 2 N–H and O–H groups in total. The van der Waals surface area contributed by atoms with Crippen LogP contribution in [0.1, 0.15) is 12.5 Å². The third-order valence-electron chi connectivity index (χ3n) is 3.62. The van der Waals surface area contributed by atoms with Gasteiger partial charge in [-0.1, -0.05) is 17.7 Å². The normalized spacial score (nSPS) is 11.0. The average Bonchev–Trinajstić information content (AvgIpc) is 2.55. The Hall–Kier alpha value is -2.58. The number of benzene rings is 2. The SMILES string of the molecule is CC(=O)Nc1ccc(NC(=O)CN(c2cc(Cl)ccc2C)S(C)(=O)=O)cc1. The molecule has 0 spiro atoms. The highest BCUT2D eigenvalue weighted by Gasteiger charge is 2.22. The Morgan fingerprint density at radius 2 is 1.59 bits per heavy atom. The Labute approximate surface area is 163 Å². The van der Waals surface area contributed by atoms with Crippen molar-refractivity contribution in [2.45, 2.75) is 13.8 Å². The maximum atomic E-state index is 12.4. The van der Waals surface area contributed by atoms with Crippen molar-refractivity contribution in [1.82, 2.24) is 0 Å². The number of sulfonamides is 1. The van der Waals surface area contributed by atoms with Crippen LogP contribution in [0, 0.1) is 6.92 Å². The standard InChI is InChI=1S/C18H20ClN3O4S/c1-12-4-5-14(19)10-17(12)22(27(3,25)26)11-18(24)21-16-8-6-15(7-9-16)20-13(2)23/h4-10H,11H2,1-3H3,(H,20,23)(H,21,24). The van der Waals surface area contributed by atoms with Crippen molar-refractivity contribution < 1.29 is 18.0 Å². The summed E-state index contributed by atoms with van der Waals surface area (Å²) < 4.78 is 25.4. The molecule has 2 aromatic rings. The second kappa shape index (κ2) is 8.41. The fourth-order valence-electron chi connectivity index (χ4n) is 2.40. The quantitative estimate of drug-likeness (QED) is 0.766. The number of hydrogen-bond donors (Lipinski definition) is 2. The lowest BCUT2D eigenvalue weighted by Gasteiger charge is -2.23. The van der Waals surface area contributed by atoms with Crippen LogP contribution in [0.15, 0.2) is 42.5 Å². The monoisotopic (exact) mass is 409 g/mol. The molecule has 144 valence electrons. The fraction of sp³-hybridized carbons (Fsp3) is 0.222. The zero-order valence-electron chi connectivity index (χ0n) is 15.1. The zero-order chi connectivity index (χ0) is 20.2. The first-order chi connectivity index (χ1) is 12.6. The summed E-state index contributed by atoms with van der Waals surface area (Å²) in [6.07, 6.45) is 1.03. The molecular formula is C18H20ClN3O4S. The molecule has 0 aliphatic rings. The van der Waals surface area contributed by atoms with Crippen molar-refractivity contribution in [3.8, 4) is 0 Å². The average molecular weight is 410 g/mol. The highest BCUT2D eigenvalue weighted by Crippen LogP contribution is 2.26. The molecule has 0 saturated carbocycles. The van der Waals surface area contributed by atoms with Crippen LogP contribution in [0.4, 0.5) is 17.1 Å². The van der Waals surface area contributed by atoms with E-state index < -0.39 is 22.5 Å². The molecule has 27 heavy (non-hydrogen) atoms. The van der Waals surface area contributed by atoms with Crippen LogP contribution in [0.3, 0.4) is 0 Å². The van der Waals surface area contributed by atoms with Gasteiger partial charge in [0.05, 0.1) is 11.9 Å². The minimum Gasteiger partial charge on any atom is -0.326 e. The van der Waals surface area contributed by atoms with Crippen molar-refractivity contribution in [2.24, 2.45) is 0 Å². The van der Waals surface area contributed by atoms with Gasteiger partial charge in [0.2, 0.25) is 21.8 Å². The molecule has 2 rings (SSSR count). The lowest BCUT2D eigenvalue weighted by atomic mass is 10.2. The Kier molecular flexibility index (Phi) is 6.45. The lowest BCUT2D eigenvalue weighted by molar-refractivity contribution is -0.115. The van der Waals surface area contributed by atoms with Gasteiger partial charge in [0.1, 0.15) is 6.54 Å². The highest BCUT2D eigenvalue weighted by molar-refractivity contribution is 7.92. The second-order valence-electron chi connectivity index (χ2n) is 6.01. The summed E-state index contributed by atoms with van der Waals surface area (Å²) >= 11 is 5.98. The molecule has 9 heteroatoms. The first-order valence-electron chi connectivity index (χ1n) is 7.97. The summed E-state index contributed by atoms with van der Waals surface area (Å²) in [6, 6.07) is 11.3. The predicted molar refractivity (Wildman–Crippen MR) is 108 cm³/mol. The van der Waals surface area contributed by atoms with E-state index in [0.717, 1.165) is 10.6 Å². The minimum atomic E-state index is -3.70. The maximum absolute atomic E-state index is 12.4. The molecule has 0 aliphatic carbocycles. The zero-order valence-corrected chi connectivity index (χ0v) is 16.7. The fourth-order valence-corrected chi connectivity index (χ4v) is 3.48. The van der Waals surface area contributed by atoms with E-state index in [0.29, 0.717) is 27.6 Å². The molecule has 0 radical (unpaired) electrons. The van der Waals surface area contributed by atoms with E-state index in [2.05, 4.69) is 10.6 Å². The molecule has 0 saturated heterocycles. The van der Waals surface area contributed by atoms with Gasteiger partial charge >= 0.3 is 0 Å². The molecule has 0 bridgehead atoms. The first-order valence-corrected chi connectivity index (χ1v) is 10.2. The second-order valence-corrected chi connectivity index (χ2v) is 8.35. The van der Waals surface area contributed by atoms with Gasteiger partial charge in [-0.2, -0.15) is 0 Å². The number of carbonyl (C=O) groups is 2. The number of hydrogen-bond acceptors (Lipinski definition) is 4. The van der Waals surface area contributed by atoms with Crippen molar-refractivity contribution in [3.05, 3.63) is 53.1 Å². The summed E-state index contributed by atoms with van der Waals surface area (Å²) in [5, 5.41) is 5.63. The smallest absolute Gasteiger partial charge is 0.245 e. The van der Waals surface area contributed by atoms with E-state index in [1.807, 2.05) is 0 Å². The Bertz CT molecular complexity index is 959. The Balaban J connectivity index is 2.17. The molecule has 0 fully saturated rings.